The Kier molecular flexibility index (Phi) is 4.34. The zero-order valence-electron chi connectivity index (χ0n) is 10.8. The lowest BCUT2D eigenvalue weighted by Crippen LogP contribution is -2.33. The number of pyridine rings is 1. The summed E-state index contributed by atoms with van der Waals surface area (Å²) >= 11 is 3.42. The SMILES string of the molecule is CCN(C=O)C(C(=O)O)c1ccc(Br)c2cccnc12. The predicted molar refractivity (Wildman–Crippen MR) is 78.3 cm³/mol. The van der Waals surface area contributed by atoms with Gasteiger partial charge < -0.3 is 10.0 Å². The maximum Gasteiger partial charge on any atom is 0.331 e. The molecule has 0 bridgehead atoms. The van der Waals surface area contributed by atoms with E-state index in [1.54, 1.807) is 31.3 Å². The van der Waals surface area contributed by atoms with Gasteiger partial charge in [-0.2, -0.15) is 0 Å². The van der Waals surface area contributed by atoms with Gasteiger partial charge in [-0.05, 0) is 19.1 Å². The Bertz CT molecular complexity index is 660. The van der Waals surface area contributed by atoms with E-state index >= 15 is 0 Å². The van der Waals surface area contributed by atoms with Crippen molar-refractivity contribution in [1.82, 2.24) is 9.88 Å². The van der Waals surface area contributed by atoms with Crippen LogP contribution in [0.2, 0.25) is 0 Å². The fourth-order valence-corrected chi connectivity index (χ4v) is 2.60. The molecule has 2 aromatic rings. The number of hydrogen-bond acceptors (Lipinski definition) is 3. The zero-order valence-corrected chi connectivity index (χ0v) is 12.4. The Morgan fingerprint density at radius 2 is 2.25 bits per heavy atom. The average Bonchev–Trinajstić information content (AvgIpc) is 2.46. The summed E-state index contributed by atoms with van der Waals surface area (Å²) in [6.45, 7) is 2.05. The molecule has 0 aliphatic carbocycles. The number of aromatic nitrogens is 1. The molecule has 1 aromatic carbocycles. The van der Waals surface area contributed by atoms with Gasteiger partial charge in [0.25, 0.3) is 0 Å². The van der Waals surface area contributed by atoms with E-state index in [0.29, 0.717) is 24.0 Å². The first-order valence-corrected chi connectivity index (χ1v) is 6.86. The number of amides is 1. The van der Waals surface area contributed by atoms with Crippen LogP contribution < -0.4 is 0 Å². The van der Waals surface area contributed by atoms with Gasteiger partial charge in [0.15, 0.2) is 6.04 Å². The molecule has 6 heteroatoms. The van der Waals surface area contributed by atoms with Gasteiger partial charge in [0, 0.05) is 28.2 Å². The van der Waals surface area contributed by atoms with Crippen molar-refractivity contribution >= 4 is 39.2 Å². The molecule has 1 atom stereocenters. The van der Waals surface area contributed by atoms with E-state index in [-0.39, 0.29) is 0 Å². The highest BCUT2D eigenvalue weighted by molar-refractivity contribution is 9.10. The van der Waals surface area contributed by atoms with Gasteiger partial charge in [0.2, 0.25) is 6.41 Å². The van der Waals surface area contributed by atoms with Crippen molar-refractivity contribution in [2.24, 2.45) is 0 Å². The van der Waals surface area contributed by atoms with Crippen LogP contribution in [-0.2, 0) is 9.59 Å². The van der Waals surface area contributed by atoms with E-state index < -0.39 is 12.0 Å². The first-order chi connectivity index (χ1) is 9.60. The van der Waals surface area contributed by atoms with E-state index in [2.05, 4.69) is 20.9 Å². The molecule has 0 saturated carbocycles. The zero-order chi connectivity index (χ0) is 14.7. The van der Waals surface area contributed by atoms with Gasteiger partial charge in [0.1, 0.15) is 0 Å². The van der Waals surface area contributed by atoms with Crippen LogP contribution in [0.3, 0.4) is 0 Å². The summed E-state index contributed by atoms with van der Waals surface area (Å²) in [7, 11) is 0. The number of nitrogens with zero attached hydrogens (tertiary/aromatic N) is 2. The van der Waals surface area contributed by atoms with E-state index in [4.69, 9.17) is 0 Å². The van der Waals surface area contributed by atoms with Gasteiger partial charge in [0.05, 0.1) is 5.52 Å². The van der Waals surface area contributed by atoms with E-state index in [0.717, 1.165) is 9.86 Å². The second kappa shape index (κ2) is 6.00. The van der Waals surface area contributed by atoms with Gasteiger partial charge in [-0.25, -0.2) is 4.79 Å². The van der Waals surface area contributed by atoms with Crippen LogP contribution in [0.15, 0.2) is 34.9 Å². The highest BCUT2D eigenvalue weighted by atomic mass is 79.9. The lowest BCUT2D eigenvalue weighted by molar-refractivity contribution is -0.146. The number of aliphatic carboxylic acids is 1. The number of halogens is 1. The summed E-state index contributed by atoms with van der Waals surface area (Å²) in [5.74, 6) is -1.08. The Morgan fingerprint density at radius 1 is 1.50 bits per heavy atom. The third-order valence-corrected chi connectivity index (χ3v) is 3.80. The normalized spacial score (nSPS) is 12.1. The topological polar surface area (TPSA) is 70.5 Å². The number of fused-ring (bicyclic) bond motifs is 1. The Labute approximate surface area is 124 Å². The van der Waals surface area contributed by atoms with Gasteiger partial charge in [-0.1, -0.05) is 28.1 Å². The highest BCUT2D eigenvalue weighted by Gasteiger charge is 2.28. The molecule has 0 fully saturated rings. The first kappa shape index (κ1) is 14.5. The monoisotopic (exact) mass is 336 g/mol. The fraction of sp³-hybridized carbons (Fsp3) is 0.214. The van der Waals surface area contributed by atoms with Crippen LogP contribution in [-0.4, -0.2) is 33.9 Å². The van der Waals surface area contributed by atoms with Gasteiger partial charge in [-0.3, -0.25) is 9.78 Å². The van der Waals surface area contributed by atoms with Crippen molar-refractivity contribution in [3.05, 3.63) is 40.5 Å². The molecule has 1 amide bonds. The molecule has 104 valence electrons. The summed E-state index contributed by atoms with van der Waals surface area (Å²) in [6.07, 6.45) is 2.16. The minimum Gasteiger partial charge on any atom is -0.479 e. The van der Waals surface area contributed by atoms with Crippen molar-refractivity contribution in [3.8, 4) is 0 Å². The molecule has 0 aliphatic rings. The number of carbonyl (C=O) groups is 2. The molecular formula is C14H13BrN2O3. The number of benzene rings is 1. The Balaban J connectivity index is 2.68. The molecule has 0 spiro atoms. The van der Waals surface area contributed by atoms with E-state index in [1.165, 1.54) is 4.90 Å². The van der Waals surface area contributed by atoms with E-state index in [1.807, 2.05) is 6.07 Å². The van der Waals surface area contributed by atoms with E-state index in [9.17, 15) is 14.7 Å². The summed E-state index contributed by atoms with van der Waals surface area (Å²) in [4.78, 5) is 28.1. The number of carbonyl (C=O) groups excluding carboxylic acids is 1. The standard InChI is InChI=1S/C14H13BrN2O3/c1-2-17(8-18)13(14(19)20)10-5-6-11(15)9-4-3-7-16-12(9)10/h3-8,13H,2H2,1H3,(H,19,20). The second-order valence-electron chi connectivity index (χ2n) is 4.21. The average molecular weight is 337 g/mol. The molecule has 1 unspecified atom stereocenters. The van der Waals surface area contributed by atoms with Gasteiger partial charge >= 0.3 is 5.97 Å². The van der Waals surface area contributed by atoms with Crippen molar-refractivity contribution in [2.75, 3.05) is 6.54 Å². The highest BCUT2D eigenvalue weighted by Crippen LogP contribution is 2.31. The largest absolute Gasteiger partial charge is 0.479 e. The molecule has 1 N–H and O–H groups in total. The lowest BCUT2D eigenvalue weighted by atomic mass is 10.0. The molecule has 0 saturated heterocycles. The maximum absolute atomic E-state index is 11.5. The second-order valence-corrected chi connectivity index (χ2v) is 5.07. The number of carboxylic acids is 1. The first-order valence-electron chi connectivity index (χ1n) is 6.07. The molecule has 2 rings (SSSR count). The van der Waals surface area contributed by atoms with Crippen LogP contribution in [0.25, 0.3) is 10.9 Å². The van der Waals surface area contributed by atoms with Crippen molar-refractivity contribution < 1.29 is 14.7 Å². The molecule has 1 aromatic heterocycles. The van der Waals surface area contributed by atoms with Crippen LogP contribution in [0.1, 0.15) is 18.5 Å². The summed E-state index contributed by atoms with van der Waals surface area (Å²) < 4.78 is 0.836. The molecule has 5 nitrogen and oxygen atoms in total. The summed E-state index contributed by atoms with van der Waals surface area (Å²) in [5, 5.41) is 10.3. The van der Waals surface area contributed by atoms with Crippen LogP contribution in [0.5, 0.6) is 0 Å². The smallest absolute Gasteiger partial charge is 0.331 e. The minimum absolute atomic E-state index is 0.310. The maximum atomic E-state index is 11.5. The van der Waals surface area contributed by atoms with Crippen LogP contribution in [0, 0.1) is 0 Å². The van der Waals surface area contributed by atoms with Crippen molar-refractivity contribution in [2.45, 2.75) is 13.0 Å². The molecule has 0 aliphatic heterocycles. The van der Waals surface area contributed by atoms with Crippen LogP contribution >= 0.6 is 15.9 Å². The third-order valence-electron chi connectivity index (χ3n) is 3.11. The quantitative estimate of drug-likeness (QED) is 0.852. The van der Waals surface area contributed by atoms with Crippen molar-refractivity contribution in [3.63, 3.8) is 0 Å². The summed E-state index contributed by atoms with van der Waals surface area (Å²) in [5.41, 5.74) is 1.08. The number of carboxylic acid groups (broad SMARTS) is 1. The molecular weight excluding hydrogens is 324 g/mol. The third kappa shape index (κ3) is 2.51. The van der Waals surface area contributed by atoms with Crippen LogP contribution in [0.4, 0.5) is 0 Å². The minimum atomic E-state index is -1.08. The molecule has 20 heavy (non-hydrogen) atoms. The molecule has 0 radical (unpaired) electrons. The summed E-state index contributed by atoms with van der Waals surface area (Å²) in [6, 6.07) is 6.05. The number of likely N-dealkylation sites (N-methyl/N-ethyl adjacent to an activating group) is 1. The predicted octanol–water partition coefficient (Wildman–Crippen LogP) is 2.60. The van der Waals surface area contributed by atoms with Gasteiger partial charge in [-0.15, -0.1) is 0 Å². The molecule has 1 heterocycles. The lowest BCUT2D eigenvalue weighted by Gasteiger charge is -2.24. The number of hydrogen-bond donors (Lipinski definition) is 1. The number of rotatable bonds is 5. The Hall–Kier alpha value is -1.95. The van der Waals surface area contributed by atoms with Crippen molar-refractivity contribution in [1.29, 1.82) is 0 Å². The fourth-order valence-electron chi connectivity index (χ4n) is 2.15. The Morgan fingerprint density at radius 3 is 2.85 bits per heavy atom.